The fraction of sp³-hybridized carbons (Fsp3) is 0.150. The average molecular weight is 365 g/mol. The van der Waals surface area contributed by atoms with Crippen LogP contribution in [-0.2, 0) is 0 Å². The average Bonchev–Trinajstić information content (AvgIpc) is 3.22. The highest BCUT2D eigenvalue weighted by Crippen LogP contribution is 2.25. The first-order valence-electron chi connectivity index (χ1n) is 8.18. The molecule has 26 heavy (non-hydrogen) atoms. The zero-order valence-electron chi connectivity index (χ0n) is 14.5. The van der Waals surface area contributed by atoms with Crippen LogP contribution in [0, 0.1) is 0 Å². The van der Waals surface area contributed by atoms with E-state index < -0.39 is 0 Å². The van der Waals surface area contributed by atoms with E-state index in [1.807, 2.05) is 24.4 Å². The number of carbonyl (C=O) groups excluding carboxylic acids is 2. The summed E-state index contributed by atoms with van der Waals surface area (Å²) < 4.78 is 0. The zero-order chi connectivity index (χ0) is 18.5. The first-order chi connectivity index (χ1) is 12.6. The molecule has 0 saturated carbocycles. The van der Waals surface area contributed by atoms with Gasteiger partial charge in [-0.15, -0.1) is 11.3 Å². The van der Waals surface area contributed by atoms with Crippen LogP contribution in [0.5, 0.6) is 0 Å². The number of amides is 2. The Morgan fingerprint density at radius 1 is 1.12 bits per heavy atom. The minimum atomic E-state index is -0.261. The predicted molar refractivity (Wildman–Crippen MR) is 103 cm³/mol. The smallest absolute Gasteiger partial charge is 0.257 e. The fourth-order valence-electron chi connectivity index (χ4n) is 2.53. The van der Waals surface area contributed by atoms with Crippen LogP contribution < -0.4 is 5.32 Å². The monoisotopic (exact) mass is 365 g/mol. The van der Waals surface area contributed by atoms with E-state index in [1.54, 1.807) is 65.9 Å². The third-order valence-corrected chi connectivity index (χ3v) is 5.19. The van der Waals surface area contributed by atoms with E-state index >= 15 is 0 Å². The Morgan fingerprint density at radius 3 is 2.62 bits per heavy atom. The minimum absolute atomic E-state index is 0.0175. The lowest BCUT2D eigenvalue weighted by Crippen LogP contribution is -2.29. The second-order valence-corrected chi connectivity index (χ2v) is 6.86. The maximum absolute atomic E-state index is 12.8. The van der Waals surface area contributed by atoms with Gasteiger partial charge in [-0.2, -0.15) is 0 Å². The minimum Gasteiger partial charge on any atom is -0.334 e. The molecular formula is C20H19N3O2S. The number of carbonyl (C=O) groups is 2. The summed E-state index contributed by atoms with van der Waals surface area (Å²) in [5.41, 5.74) is 1.56. The molecular weight excluding hydrogens is 346 g/mol. The second kappa shape index (κ2) is 7.93. The summed E-state index contributed by atoms with van der Waals surface area (Å²) in [5.74, 6) is -0.355. The van der Waals surface area contributed by atoms with Gasteiger partial charge in [-0.05, 0) is 48.7 Å². The third kappa shape index (κ3) is 3.97. The van der Waals surface area contributed by atoms with Crippen LogP contribution >= 0.6 is 11.3 Å². The summed E-state index contributed by atoms with van der Waals surface area (Å²) in [6, 6.07) is 14.3. The van der Waals surface area contributed by atoms with Crippen LogP contribution in [0.3, 0.4) is 0 Å². The Labute approximate surface area is 156 Å². The molecule has 2 amide bonds. The van der Waals surface area contributed by atoms with Gasteiger partial charge in [-0.25, -0.2) is 0 Å². The molecule has 1 N–H and O–H groups in total. The Bertz CT molecular complexity index is 894. The van der Waals surface area contributed by atoms with Crippen molar-refractivity contribution in [1.29, 1.82) is 0 Å². The lowest BCUT2D eigenvalue weighted by Gasteiger charge is -2.24. The summed E-state index contributed by atoms with van der Waals surface area (Å²) in [5, 5.41) is 4.80. The van der Waals surface area contributed by atoms with Crippen molar-refractivity contribution < 1.29 is 9.59 Å². The molecule has 1 atom stereocenters. The molecule has 5 nitrogen and oxygen atoms in total. The molecule has 0 aliphatic rings. The van der Waals surface area contributed by atoms with Crippen molar-refractivity contribution in [2.75, 3.05) is 12.4 Å². The number of hydrogen-bond donors (Lipinski definition) is 1. The molecule has 2 heterocycles. The van der Waals surface area contributed by atoms with Gasteiger partial charge in [0.25, 0.3) is 11.8 Å². The van der Waals surface area contributed by atoms with E-state index in [9.17, 15) is 9.59 Å². The van der Waals surface area contributed by atoms with Gasteiger partial charge < -0.3 is 10.2 Å². The number of benzene rings is 1. The zero-order valence-corrected chi connectivity index (χ0v) is 15.4. The van der Waals surface area contributed by atoms with Crippen molar-refractivity contribution in [3.8, 4) is 0 Å². The summed E-state index contributed by atoms with van der Waals surface area (Å²) in [4.78, 5) is 31.8. The van der Waals surface area contributed by atoms with Gasteiger partial charge in [0, 0.05) is 35.6 Å². The highest BCUT2D eigenvalue weighted by atomic mass is 32.1. The van der Waals surface area contributed by atoms with E-state index in [0.29, 0.717) is 16.8 Å². The summed E-state index contributed by atoms with van der Waals surface area (Å²) >= 11 is 1.62. The van der Waals surface area contributed by atoms with E-state index in [2.05, 4.69) is 10.3 Å². The van der Waals surface area contributed by atoms with Crippen molar-refractivity contribution in [3.63, 3.8) is 0 Å². The standard InChI is InChI=1S/C20H19N3O2S/c1-14(18-9-5-11-26-18)23(2)20(25)15-6-3-8-17(12-15)22-19(24)16-7-4-10-21-13-16/h3-14H,1-2H3,(H,22,24). The summed E-state index contributed by atoms with van der Waals surface area (Å²) in [6.45, 7) is 2.00. The molecule has 6 heteroatoms. The highest BCUT2D eigenvalue weighted by Gasteiger charge is 2.20. The largest absolute Gasteiger partial charge is 0.334 e. The molecule has 0 aliphatic carbocycles. The molecule has 2 aromatic heterocycles. The van der Waals surface area contributed by atoms with Gasteiger partial charge in [0.1, 0.15) is 0 Å². The number of nitrogens with zero attached hydrogens (tertiary/aromatic N) is 2. The maximum Gasteiger partial charge on any atom is 0.257 e. The molecule has 0 aliphatic heterocycles. The highest BCUT2D eigenvalue weighted by molar-refractivity contribution is 7.10. The Morgan fingerprint density at radius 2 is 1.92 bits per heavy atom. The SMILES string of the molecule is CC(c1cccs1)N(C)C(=O)c1cccc(NC(=O)c2cccnc2)c1. The van der Waals surface area contributed by atoms with Gasteiger partial charge in [0.15, 0.2) is 0 Å². The molecule has 0 radical (unpaired) electrons. The number of thiophene rings is 1. The maximum atomic E-state index is 12.8. The van der Waals surface area contributed by atoms with Crippen LogP contribution in [-0.4, -0.2) is 28.7 Å². The van der Waals surface area contributed by atoms with Crippen molar-refractivity contribution >= 4 is 28.8 Å². The van der Waals surface area contributed by atoms with Crippen molar-refractivity contribution in [3.05, 3.63) is 82.3 Å². The van der Waals surface area contributed by atoms with Gasteiger partial charge in [-0.1, -0.05) is 12.1 Å². The van der Waals surface area contributed by atoms with Crippen molar-refractivity contribution in [2.45, 2.75) is 13.0 Å². The third-order valence-electron chi connectivity index (χ3n) is 4.15. The molecule has 3 rings (SSSR count). The molecule has 1 unspecified atom stereocenters. The predicted octanol–water partition coefficient (Wildman–Crippen LogP) is 4.23. The van der Waals surface area contributed by atoms with E-state index in [4.69, 9.17) is 0 Å². The van der Waals surface area contributed by atoms with E-state index in [0.717, 1.165) is 4.88 Å². The lowest BCUT2D eigenvalue weighted by molar-refractivity contribution is 0.0744. The second-order valence-electron chi connectivity index (χ2n) is 5.88. The van der Waals surface area contributed by atoms with Gasteiger partial charge in [0.05, 0.1) is 11.6 Å². The van der Waals surface area contributed by atoms with Crippen LogP contribution in [0.25, 0.3) is 0 Å². The molecule has 132 valence electrons. The molecule has 0 saturated heterocycles. The lowest BCUT2D eigenvalue weighted by atomic mass is 10.1. The van der Waals surface area contributed by atoms with Crippen LogP contribution in [0.4, 0.5) is 5.69 Å². The first kappa shape index (κ1) is 17.8. The Balaban J connectivity index is 1.74. The van der Waals surface area contributed by atoms with Crippen molar-refractivity contribution in [1.82, 2.24) is 9.88 Å². The van der Waals surface area contributed by atoms with Crippen LogP contribution in [0.2, 0.25) is 0 Å². The topological polar surface area (TPSA) is 62.3 Å². The molecule has 1 aromatic carbocycles. The Kier molecular flexibility index (Phi) is 5.43. The number of anilines is 1. The fourth-order valence-corrected chi connectivity index (χ4v) is 3.36. The molecule has 3 aromatic rings. The van der Waals surface area contributed by atoms with Crippen molar-refractivity contribution in [2.24, 2.45) is 0 Å². The molecule has 0 bridgehead atoms. The quantitative estimate of drug-likeness (QED) is 0.736. The Hall–Kier alpha value is -2.99. The molecule has 0 spiro atoms. The molecule has 0 fully saturated rings. The number of hydrogen-bond acceptors (Lipinski definition) is 4. The van der Waals surface area contributed by atoms with E-state index in [-0.39, 0.29) is 17.9 Å². The van der Waals surface area contributed by atoms with Crippen LogP contribution in [0.15, 0.2) is 66.3 Å². The van der Waals surface area contributed by atoms with Crippen LogP contribution in [0.1, 0.15) is 38.6 Å². The number of nitrogens with one attached hydrogen (secondary N) is 1. The number of rotatable bonds is 5. The van der Waals surface area contributed by atoms with Gasteiger partial charge >= 0.3 is 0 Å². The van der Waals surface area contributed by atoms with E-state index in [1.165, 1.54) is 6.20 Å². The number of pyridine rings is 1. The number of aromatic nitrogens is 1. The summed E-state index contributed by atoms with van der Waals surface area (Å²) in [6.07, 6.45) is 3.11. The van der Waals surface area contributed by atoms with Gasteiger partial charge in [0.2, 0.25) is 0 Å². The first-order valence-corrected chi connectivity index (χ1v) is 9.06. The van der Waals surface area contributed by atoms with Gasteiger partial charge in [-0.3, -0.25) is 14.6 Å². The summed E-state index contributed by atoms with van der Waals surface area (Å²) in [7, 11) is 1.79. The normalized spacial score (nSPS) is 11.6.